The molecule has 8 heteroatoms. The molecule has 4 atom stereocenters. The van der Waals surface area contributed by atoms with Crippen molar-refractivity contribution in [1.82, 2.24) is 5.01 Å². The van der Waals surface area contributed by atoms with Gasteiger partial charge in [-0.2, -0.15) is 10.1 Å². The Labute approximate surface area is 165 Å². The van der Waals surface area contributed by atoms with Gasteiger partial charge in [-0.15, -0.1) is 0 Å². The van der Waals surface area contributed by atoms with Crippen molar-refractivity contribution in [2.75, 3.05) is 0 Å². The number of carbonyl (C=O) groups excluding carboxylic acids is 2. The summed E-state index contributed by atoms with van der Waals surface area (Å²) in [6.07, 6.45) is 7.37. The maximum absolute atomic E-state index is 12.7. The predicted octanol–water partition coefficient (Wildman–Crippen LogP) is 3.39. The number of hydrazone groups is 1. The third kappa shape index (κ3) is 2.79. The lowest BCUT2D eigenvalue weighted by molar-refractivity contribution is -0.384. The lowest BCUT2D eigenvalue weighted by Gasteiger charge is -2.37. The fourth-order valence-electron chi connectivity index (χ4n) is 4.61. The van der Waals surface area contributed by atoms with Crippen LogP contribution in [0.25, 0.3) is 11.3 Å². The summed E-state index contributed by atoms with van der Waals surface area (Å²) in [5.41, 5.74) is 0.676. The molecule has 1 saturated heterocycles. The number of hydrogen-bond donors (Lipinski definition) is 0. The zero-order chi connectivity index (χ0) is 20.1. The van der Waals surface area contributed by atoms with Crippen molar-refractivity contribution >= 4 is 23.7 Å². The van der Waals surface area contributed by atoms with E-state index < -0.39 is 4.92 Å². The molecule has 1 aliphatic heterocycles. The number of carbonyl (C=O) groups is 2. The average Bonchev–Trinajstić information content (AvgIpc) is 3.32. The molecule has 2 heterocycles. The zero-order valence-corrected chi connectivity index (χ0v) is 15.3. The highest BCUT2D eigenvalue weighted by Gasteiger charge is 2.56. The van der Waals surface area contributed by atoms with Gasteiger partial charge in [0.2, 0.25) is 0 Å². The van der Waals surface area contributed by atoms with Crippen LogP contribution in [0, 0.1) is 33.8 Å². The highest BCUT2D eigenvalue weighted by atomic mass is 16.6. The van der Waals surface area contributed by atoms with E-state index in [1.807, 2.05) is 0 Å². The highest BCUT2D eigenvalue weighted by Crippen LogP contribution is 2.49. The number of nitrogens with zero attached hydrogens (tertiary/aromatic N) is 3. The van der Waals surface area contributed by atoms with Gasteiger partial charge in [-0.05, 0) is 48.9 Å². The fourth-order valence-corrected chi connectivity index (χ4v) is 4.61. The summed E-state index contributed by atoms with van der Waals surface area (Å²) in [6.45, 7) is 0. The van der Waals surface area contributed by atoms with Crippen molar-refractivity contribution < 1.29 is 18.9 Å². The average molecular weight is 391 g/mol. The predicted molar refractivity (Wildman–Crippen MR) is 103 cm³/mol. The van der Waals surface area contributed by atoms with Crippen molar-refractivity contribution in [1.29, 1.82) is 0 Å². The summed E-state index contributed by atoms with van der Waals surface area (Å²) in [5.74, 6) is 0.0745. The number of nitro benzene ring substituents is 1. The third-order valence-corrected chi connectivity index (χ3v) is 6.03. The Balaban J connectivity index is 1.34. The van der Waals surface area contributed by atoms with E-state index >= 15 is 0 Å². The van der Waals surface area contributed by atoms with E-state index in [2.05, 4.69) is 17.3 Å². The molecule has 0 radical (unpaired) electrons. The number of benzene rings is 1. The Morgan fingerprint density at radius 3 is 2.17 bits per heavy atom. The number of fused-ring (bicyclic) bond motifs is 1. The molecule has 0 unspecified atom stereocenters. The summed E-state index contributed by atoms with van der Waals surface area (Å²) < 4.78 is 5.69. The van der Waals surface area contributed by atoms with Crippen LogP contribution in [0.5, 0.6) is 0 Å². The molecule has 8 nitrogen and oxygen atoms in total. The molecule has 29 heavy (non-hydrogen) atoms. The van der Waals surface area contributed by atoms with Crippen molar-refractivity contribution in [3.05, 3.63) is 64.4 Å². The molecule has 4 aliphatic rings. The molecule has 6 rings (SSSR count). The van der Waals surface area contributed by atoms with E-state index in [0.717, 1.165) is 17.9 Å². The van der Waals surface area contributed by atoms with Crippen molar-refractivity contribution in [2.24, 2.45) is 28.8 Å². The molecule has 146 valence electrons. The number of furan rings is 1. The van der Waals surface area contributed by atoms with E-state index in [0.29, 0.717) is 17.1 Å². The van der Waals surface area contributed by atoms with Gasteiger partial charge in [0, 0.05) is 17.7 Å². The van der Waals surface area contributed by atoms with Crippen LogP contribution in [0.1, 0.15) is 18.6 Å². The molecule has 1 aromatic heterocycles. The largest absolute Gasteiger partial charge is 0.455 e. The lowest BCUT2D eigenvalue weighted by Crippen LogP contribution is -2.38. The first-order chi connectivity index (χ1) is 14.0. The quantitative estimate of drug-likeness (QED) is 0.261. The van der Waals surface area contributed by atoms with Crippen LogP contribution < -0.4 is 0 Å². The minimum atomic E-state index is -0.465. The Bertz CT molecular complexity index is 1040. The number of imide groups is 1. The van der Waals surface area contributed by atoms with E-state index in [9.17, 15) is 19.7 Å². The Morgan fingerprint density at radius 2 is 1.62 bits per heavy atom. The van der Waals surface area contributed by atoms with E-state index in [1.54, 1.807) is 24.3 Å². The summed E-state index contributed by atoms with van der Waals surface area (Å²) in [7, 11) is 0. The molecule has 2 fully saturated rings. The Kier molecular flexibility index (Phi) is 3.94. The zero-order valence-electron chi connectivity index (χ0n) is 15.3. The Morgan fingerprint density at radius 1 is 1.00 bits per heavy atom. The van der Waals surface area contributed by atoms with Gasteiger partial charge in [0.15, 0.2) is 0 Å². The molecule has 3 aliphatic carbocycles. The molecule has 1 aromatic carbocycles. The second kappa shape index (κ2) is 6.51. The maximum Gasteiger partial charge on any atom is 0.269 e. The van der Waals surface area contributed by atoms with Crippen LogP contribution >= 0.6 is 0 Å². The topological polar surface area (TPSA) is 106 Å². The monoisotopic (exact) mass is 391 g/mol. The molecular formula is C21H17N3O5. The van der Waals surface area contributed by atoms with Crippen LogP contribution in [0.4, 0.5) is 5.69 Å². The van der Waals surface area contributed by atoms with Crippen LogP contribution in [-0.2, 0) is 9.59 Å². The van der Waals surface area contributed by atoms with Gasteiger partial charge in [0.1, 0.15) is 11.5 Å². The summed E-state index contributed by atoms with van der Waals surface area (Å²) >= 11 is 0. The first kappa shape index (κ1) is 17.5. The number of allylic oxidation sites excluding steroid dienone is 2. The standard InChI is InChI=1S/C21H17N3O5/c25-20-18-13-1-2-14(4-3-13)19(18)21(26)23(20)22-11-16-9-10-17(29-16)12-5-7-15(8-6-12)24(27)28/h1-2,5-11,13-14,18-19H,3-4H2/b22-11-/t13-,14-,18+,19+/m1/s1. The molecule has 0 spiro atoms. The van der Waals surface area contributed by atoms with Crippen LogP contribution in [0.3, 0.4) is 0 Å². The number of nitro groups is 1. The van der Waals surface area contributed by atoms with Gasteiger partial charge in [-0.1, -0.05) is 12.2 Å². The molecule has 2 aromatic rings. The Hall–Kier alpha value is -3.55. The van der Waals surface area contributed by atoms with Crippen molar-refractivity contribution in [3.8, 4) is 11.3 Å². The van der Waals surface area contributed by atoms with Crippen LogP contribution in [0.2, 0.25) is 0 Å². The fraction of sp³-hybridized carbons (Fsp3) is 0.286. The molecule has 2 bridgehead atoms. The van der Waals surface area contributed by atoms with Crippen molar-refractivity contribution in [2.45, 2.75) is 12.8 Å². The number of amides is 2. The van der Waals surface area contributed by atoms with Gasteiger partial charge < -0.3 is 4.42 Å². The van der Waals surface area contributed by atoms with Gasteiger partial charge in [0.05, 0.1) is 23.0 Å². The van der Waals surface area contributed by atoms with Crippen molar-refractivity contribution in [3.63, 3.8) is 0 Å². The molecule has 0 N–H and O–H groups in total. The van der Waals surface area contributed by atoms with Gasteiger partial charge >= 0.3 is 0 Å². The number of non-ortho nitro benzene ring substituents is 1. The molecule has 2 amide bonds. The lowest BCUT2D eigenvalue weighted by atomic mass is 9.63. The third-order valence-electron chi connectivity index (χ3n) is 6.03. The smallest absolute Gasteiger partial charge is 0.269 e. The minimum absolute atomic E-state index is 0.00178. The minimum Gasteiger partial charge on any atom is -0.455 e. The van der Waals surface area contributed by atoms with Gasteiger partial charge in [-0.25, -0.2) is 0 Å². The summed E-state index contributed by atoms with van der Waals surface area (Å²) in [4.78, 5) is 35.8. The van der Waals surface area contributed by atoms with Crippen LogP contribution in [0.15, 0.2) is 58.1 Å². The van der Waals surface area contributed by atoms with E-state index in [4.69, 9.17) is 4.42 Å². The summed E-state index contributed by atoms with van der Waals surface area (Å²) in [5, 5.41) is 15.9. The van der Waals surface area contributed by atoms with Gasteiger partial charge in [-0.3, -0.25) is 19.7 Å². The SMILES string of the molecule is O=C1[C@@H]2[C@@H](C(=O)N1/N=C\c1ccc(-c3ccc([N+](=O)[O-])cc3)o1)[C@@H]1C=C[C@@H]2CC1. The first-order valence-corrected chi connectivity index (χ1v) is 9.48. The van der Waals surface area contributed by atoms with Gasteiger partial charge in [0.25, 0.3) is 17.5 Å². The van der Waals surface area contributed by atoms with E-state index in [-0.39, 0.29) is 41.2 Å². The molecule has 1 saturated carbocycles. The van der Waals surface area contributed by atoms with Crippen LogP contribution in [-0.4, -0.2) is 28.0 Å². The highest BCUT2D eigenvalue weighted by molar-refractivity contribution is 6.06. The number of rotatable bonds is 4. The normalized spacial score (nSPS) is 27.8. The first-order valence-electron chi connectivity index (χ1n) is 9.48. The molecular weight excluding hydrogens is 374 g/mol. The van der Waals surface area contributed by atoms with E-state index in [1.165, 1.54) is 18.3 Å². The number of hydrogen-bond acceptors (Lipinski definition) is 6. The maximum atomic E-state index is 12.7. The second-order valence-corrected chi connectivity index (χ2v) is 7.58. The summed E-state index contributed by atoms with van der Waals surface area (Å²) in [6, 6.07) is 9.37. The second-order valence-electron chi connectivity index (χ2n) is 7.58.